The largest absolute Gasteiger partial charge is 0.348 e. The Bertz CT molecular complexity index is 791. The Labute approximate surface area is 173 Å². The fraction of sp³-hybridized carbons (Fsp3) is 0.550. The summed E-state index contributed by atoms with van der Waals surface area (Å²) in [5.74, 6) is -0.122. The summed E-state index contributed by atoms with van der Waals surface area (Å²) >= 11 is 3.11. The molecule has 3 heterocycles. The highest BCUT2D eigenvalue weighted by Crippen LogP contribution is 2.26. The van der Waals surface area contributed by atoms with Crippen LogP contribution in [0, 0.1) is 0 Å². The summed E-state index contributed by atoms with van der Waals surface area (Å²) in [5.41, 5.74) is 1.54. The van der Waals surface area contributed by atoms with E-state index >= 15 is 0 Å². The molecular weight excluding hydrogens is 392 g/mol. The van der Waals surface area contributed by atoms with Crippen molar-refractivity contribution in [3.63, 3.8) is 0 Å². The van der Waals surface area contributed by atoms with E-state index in [-0.39, 0.29) is 18.0 Å². The fourth-order valence-electron chi connectivity index (χ4n) is 3.90. The van der Waals surface area contributed by atoms with E-state index in [4.69, 9.17) is 0 Å². The van der Waals surface area contributed by atoms with E-state index in [0.717, 1.165) is 36.3 Å². The number of likely N-dealkylation sites (tertiary alicyclic amines) is 1. The van der Waals surface area contributed by atoms with Crippen LogP contribution in [-0.4, -0.2) is 47.0 Å². The minimum Gasteiger partial charge on any atom is -0.348 e. The van der Waals surface area contributed by atoms with Crippen LogP contribution in [0.3, 0.4) is 0 Å². The lowest BCUT2D eigenvalue weighted by atomic mass is 9.95. The lowest BCUT2D eigenvalue weighted by molar-refractivity contribution is 0.0913. The number of nitrogens with zero attached hydrogens (tertiary/aromatic N) is 2. The molecule has 2 fully saturated rings. The Balaban J connectivity index is 1.24. The second-order valence-corrected chi connectivity index (χ2v) is 9.21. The molecule has 0 aromatic carbocycles. The average molecular weight is 419 g/mol. The molecule has 1 saturated carbocycles. The van der Waals surface area contributed by atoms with E-state index in [9.17, 15) is 9.59 Å². The van der Waals surface area contributed by atoms with Gasteiger partial charge in [0.15, 0.2) is 0 Å². The first-order valence-electron chi connectivity index (χ1n) is 10.0. The highest BCUT2D eigenvalue weighted by molar-refractivity contribution is 7.14. The molecule has 4 rings (SSSR count). The molecule has 0 bridgehead atoms. The Morgan fingerprint density at radius 1 is 1.00 bits per heavy atom. The molecule has 2 aromatic rings. The predicted molar refractivity (Wildman–Crippen MR) is 113 cm³/mol. The normalized spacial score (nSPS) is 18.8. The smallest absolute Gasteiger partial charge is 0.317 e. The second kappa shape index (κ2) is 9.05. The summed E-state index contributed by atoms with van der Waals surface area (Å²) in [6.45, 7) is 1.36. The first kappa shape index (κ1) is 19.4. The second-order valence-electron chi connectivity index (χ2n) is 7.57. The zero-order chi connectivity index (χ0) is 19.3. The monoisotopic (exact) mass is 418 g/mol. The third-order valence-corrected chi connectivity index (χ3v) is 7.13. The topological polar surface area (TPSA) is 74.3 Å². The van der Waals surface area contributed by atoms with E-state index in [0.29, 0.717) is 24.8 Å². The Kier molecular flexibility index (Phi) is 6.26. The van der Waals surface area contributed by atoms with Crippen molar-refractivity contribution in [3.8, 4) is 10.6 Å². The minimum absolute atomic E-state index is 0.0524. The molecule has 6 nitrogen and oxygen atoms in total. The van der Waals surface area contributed by atoms with Crippen LogP contribution in [0.4, 0.5) is 4.79 Å². The van der Waals surface area contributed by atoms with Crippen LogP contribution in [-0.2, 0) is 0 Å². The van der Waals surface area contributed by atoms with Crippen LogP contribution in [0.25, 0.3) is 10.6 Å². The third-order valence-electron chi connectivity index (χ3n) is 5.56. The standard InChI is InChI=1S/C20H26N4O2S2/c25-18(17-13-28-19(23-17)14-8-11-27-12-14)21-16-6-9-24(10-7-16)20(26)22-15-4-2-1-3-5-15/h8,11-13,15-16H,1-7,9-10H2,(H,21,25)(H,22,26). The molecular formula is C20H26N4O2S2. The minimum atomic E-state index is -0.122. The Morgan fingerprint density at radius 3 is 2.46 bits per heavy atom. The SMILES string of the molecule is O=C(NC1CCN(C(=O)NC2CCCCC2)CC1)c1csc(-c2ccsc2)n1. The van der Waals surface area contributed by atoms with Gasteiger partial charge in [-0.25, -0.2) is 9.78 Å². The van der Waals surface area contributed by atoms with E-state index in [1.165, 1.54) is 30.6 Å². The van der Waals surface area contributed by atoms with Gasteiger partial charge in [-0.2, -0.15) is 11.3 Å². The molecule has 28 heavy (non-hydrogen) atoms. The molecule has 8 heteroatoms. The van der Waals surface area contributed by atoms with E-state index < -0.39 is 0 Å². The number of urea groups is 1. The molecule has 2 N–H and O–H groups in total. The number of amides is 3. The van der Waals surface area contributed by atoms with Gasteiger partial charge in [-0.1, -0.05) is 19.3 Å². The van der Waals surface area contributed by atoms with Crippen LogP contribution in [0.15, 0.2) is 22.2 Å². The number of nitrogens with one attached hydrogen (secondary N) is 2. The van der Waals surface area contributed by atoms with Gasteiger partial charge in [0.1, 0.15) is 10.7 Å². The van der Waals surface area contributed by atoms with Crippen LogP contribution in [0.5, 0.6) is 0 Å². The molecule has 1 saturated heterocycles. The molecule has 2 aliphatic rings. The van der Waals surface area contributed by atoms with Gasteiger partial charge >= 0.3 is 6.03 Å². The van der Waals surface area contributed by atoms with Gasteiger partial charge in [0, 0.05) is 41.5 Å². The average Bonchev–Trinajstić information content (AvgIpc) is 3.41. The molecule has 0 radical (unpaired) electrons. The van der Waals surface area contributed by atoms with Crippen molar-refractivity contribution >= 4 is 34.6 Å². The van der Waals surface area contributed by atoms with Gasteiger partial charge in [0.25, 0.3) is 5.91 Å². The summed E-state index contributed by atoms with van der Waals surface area (Å²) in [7, 11) is 0. The van der Waals surface area contributed by atoms with Crippen molar-refractivity contribution in [2.75, 3.05) is 13.1 Å². The van der Waals surface area contributed by atoms with Crippen LogP contribution in [0.1, 0.15) is 55.4 Å². The highest BCUT2D eigenvalue weighted by Gasteiger charge is 2.26. The lowest BCUT2D eigenvalue weighted by Crippen LogP contribution is -2.51. The summed E-state index contributed by atoms with van der Waals surface area (Å²) in [6, 6.07) is 2.49. The van der Waals surface area contributed by atoms with Gasteiger partial charge in [-0.05, 0) is 37.1 Å². The zero-order valence-corrected chi connectivity index (χ0v) is 17.5. The number of piperidine rings is 1. The van der Waals surface area contributed by atoms with Crippen molar-refractivity contribution in [2.24, 2.45) is 0 Å². The molecule has 0 spiro atoms. The quantitative estimate of drug-likeness (QED) is 0.785. The molecule has 1 aliphatic carbocycles. The number of carbonyl (C=O) groups excluding carboxylic acids is 2. The maximum atomic E-state index is 12.5. The van der Waals surface area contributed by atoms with Crippen molar-refractivity contribution < 1.29 is 9.59 Å². The van der Waals surface area contributed by atoms with Crippen LogP contribution < -0.4 is 10.6 Å². The van der Waals surface area contributed by atoms with E-state index in [2.05, 4.69) is 15.6 Å². The van der Waals surface area contributed by atoms with Crippen LogP contribution >= 0.6 is 22.7 Å². The van der Waals surface area contributed by atoms with Gasteiger partial charge < -0.3 is 15.5 Å². The highest BCUT2D eigenvalue weighted by atomic mass is 32.1. The lowest BCUT2D eigenvalue weighted by Gasteiger charge is -2.34. The number of thiophene rings is 1. The van der Waals surface area contributed by atoms with E-state index in [1.54, 1.807) is 11.3 Å². The van der Waals surface area contributed by atoms with Gasteiger partial charge in [0.2, 0.25) is 0 Å². The zero-order valence-electron chi connectivity index (χ0n) is 15.9. The van der Waals surface area contributed by atoms with Gasteiger partial charge in [-0.3, -0.25) is 4.79 Å². The number of carbonyl (C=O) groups is 2. The number of aromatic nitrogens is 1. The fourth-order valence-corrected chi connectivity index (χ4v) is 5.41. The van der Waals surface area contributed by atoms with E-state index in [1.807, 2.05) is 27.1 Å². The summed E-state index contributed by atoms with van der Waals surface area (Å²) in [5, 5.41) is 13.0. The van der Waals surface area contributed by atoms with Gasteiger partial charge in [-0.15, -0.1) is 11.3 Å². The van der Waals surface area contributed by atoms with Crippen molar-refractivity contribution in [2.45, 2.75) is 57.0 Å². The third kappa shape index (κ3) is 4.72. The predicted octanol–water partition coefficient (Wildman–Crippen LogP) is 4.11. The molecule has 2 aromatic heterocycles. The number of thiazole rings is 1. The molecule has 1 aliphatic heterocycles. The first-order valence-corrected chi connectivity index (χ1v) is 11.9. The summed E-state index contributed by atoms with van der Waals surface area (Å²) in [6.07, 6.45) is 7.47. The maximum Gasteiger partial charge on any atom is 0.317 e. The maximum absolute atomic E-state index is 12.5. The van der Waals surface area contributed by atoms with Gasteiger partial charge in [0.05, 0.1) is 0 Å². The number of rotatable bonds is 4. The summed E-state index contributed by atoms with van der Waals surface area (Å²) < 4.78 is 0. The molecule has 0 atom stereocenters. The molecule has 0 unspecified atom stereocenters. The first-order chi connectivity index (χ1) is 13.7. The Hall–Kier alpha value is -1.93. The molecule has 3 amide bonds. The Morgan fingerprint density at radius 2 is 1.75 bits per heavy atom. The molecule has 150 valence electrons. The van der Waals surface area contributed by atoms with Crippen molar-refractivity contribution in [1.29, 1.82) is 0 Å². The number of hydrogen-bond acceptors (Lipinski definition) is 5. The van der Waals surface area contributed by atoms with Crippen molar-refractivity contribution in [1.82, 2.24) is 20.5 Å². The number of hydrogen-bond donors (Lipinski definition) is 2. The summed E-state index contributed by atoms with van der Waals surface area (Å²) in [4.78, 5) is 31.3. The van der Waals surface area contributed by atoms with Crippen molar-refractivity contribution in [3.05, 3.63) is 27.9 Å². The van der Waals surface area contributed by atoms with Crippen LogP contribution in [0.2, 0.25) is 0 Å².